The van der Waals surface area contributed by atoms with Gasteiger partial charge in [-0.05, 0) is 15.9 Å². The number of ether oxygens (including phenoxy) is 1. The largest absolute Gasteiger partial charge is 0.503 e. The first kappa shape index (κ1) is 6.69. The van der Waals surface area contributed by atoms with Crippen molar-refractivity contribution < 1.29 is 9.53 Å². The van der Waals surface area contributed by atoms with E-state index in [0.717, 1.165) is 0 Å². The summed E-state index contributed by atoms with van der Waals surface area (Å²) in [6.45, 7) is 0. The highest BCUT2D eigenvalue weighted by Gasteiger charge is 1.80. The second-order valence-corrected chi connectivity index (χ2v) is 1.77. The molecule has 7 heavy (non-hydrogen) atoms. The molecule has 0 aromatic heterocycles. The summed E-state index contributed by atoms with van der Waals surface area (Å²) < 4.78 is 4.87. The SMILES string of the molecule is CO/C=C(\Br)C=O. The van der Waals surface area contributed by atoms with Gasteiger partial charge in [-0.15, -0.1) is 0 Å². The normalized spacial score (nSPS) is 10.9. The van der Waals surface area contributed by atoms with Crippen LogP contribution in [0.25, 0.3) is 0 Å². The Morgan fingerprint density at radius 1 is 1.86 bits per heavy atom. The third kappa shape index (κ3) is 3.52. The molecule has 0 spiro atoms. The summed E-state index contributed by atoms with van der Waals surface area (Å²) >= 11 is 2.90. The van der Waals surface area contributed by atoms with Crippen LogP contribution in [-0.4, -0.2) is 13.4 Å². The molecular formula is C4H5BrO2. The molecular weight excluding hydrogens is 160 g/mol. The molecule has 0 bridgehead atoms. The van der Waals surface area contributed by atoms with Crippen LogP contribution in [0.5, 0.6) is 0 Å². The summed E-state index contributed by atoms with van der Waals surface area (Å²) in [5.41, 5.74) is 0. The molecule has 0 aliphatic rings. The summed E-state index contributed by atoms with van der Waals surface area (Å²) in [6.07, 6.45) is 1.97. The zero-order chi connectivity index (χ0) is 5.70. The van der Waals surface area contributed by atoms with Crippen molar-refractivity contribution in [3.63, 3.8) is 0 Å². The third-order valence-corrected chi connectivity index (χ3v) is 0.717. The van der Waals surface area contributed by atoms with Gasteiger partial charge >= 0.3 is 0 Å². The van der Waals surface area contributed by atoms with E-state index in [0.29, 0.717) is 10.8 Å². The average Bonchev–Trinajstić information content (AvgIpc) is 1.68. The van der Waals surface area contributed by atoms with Gasteiger partial charge in [0, 0.05) is 0 Å². The van der Waals surface area contributed by atoms with Gasteiger partial charge in [0.1, 0.15) is 0 Å². The smallest absolute Gasteiger partial charge is 0.160 e. The molecule has 0 saturated carbocycles. The van der Waals surface area contributed by atoms with Gasteiger partial charge < -0.3 is 4.74 Å². The van der Waals surface area contributed by atoms with Crippen molar-refractivity contribution in [1.29, 1.82) is 0 Å². The predicted molar refractivity (Wildman–Crippen MR) is 30.1 cm³/mol. The summed E-state index contributed by atoms with van der Waals surface area (Å²) in [4.78, 5) is 9.70. The van der Waals surface area contributed by atoms with Crippen LogP contribution < -0.4 is 0 Å². The molecule has 0 amide bonds. The molecule has 0 unspecified atom stereocenters. The van der Waals surface area contributed by atoms with Crippen LogP contribution in [0.4, 0.5) is 0 Å². The molecule has 0 saturated heterocycles. The maximum Gasteiger partial charge on any atom is 0.160 e. The fourth-order valence-electron chi connectivity index (χ4n) is 0.140. The maximum absolute atomic E-state index is 9.70. The summed E-state index contributed by atoms with van der Waals surface area (Å²) in [5, 5.41) is 0. The highest BCUT2D eigenvalue weighted by Crippen LogP contribution is 1.97. The Morgan fingerprint density at radius 2 is 2.43 bits per heavy atom. The van der Waals surface area contributed by atoms with Crippen LogP contribution >= 0.6 is 15.9 Å². The van der Waals surface area contributed by atoms with Gasteiger partial charge in [-0.3, -0.25) is 4.79 Å². The van der Waals surface area contributed by atoms with Crippen molar-refractivity contribution in [3.8, 4) is 0 Å². The number of hydrogen-bond acceptors (Lipinski definition) is 2. The van der Waals surface area contributed by atoms with Gasteiger partial charge in [-0.25, -0.2) is 0 Å². The van der Waals surface area contributed by atoms with Crippen LogP contribution in [0, 0.1) is 0 Å². The molecule has 0 radical (unpaired) electrons. The zero-order valence-electron chi connectivity index (χ0n) is 3.85. The molecule has 0 aliphatic carbocycles. The minimum absolute atomic E-state index is 0.412. The Labute approximate surface area is 50.3 Å². The standard InChI is InChI=1S/C4H5BrO2/c1-7-3-4(5)2-6/h2-3H,1H3/b4-3-. The molecule has 0 heterocycles. The lowest BCUT2D eigenvalue weighted by Gasteiger charge is -1.82. The predicted octanol–water partition coefficient (Wildman–Crippen LogP) is 1.07. The van der Waals surface area contributed by atoms with Crippen LogP contribution in [0.2, 0.25) is 0 Å². The number of carbonyl (C=O) groups excluding carboxylic acids is 1. The van der Waals surface area contributed by atoms with Crippen molar-refractivity contribution in [1.82, 2.24) is 0 Å². The Morgan fingerprint density at radius 3 is 2.57 bits per heavy atom. The van der Waals surface area contributed by atoms with E-state index in [2.05, 4.69) is 20.7 Å². The van der Waals surface area contributed by atoms with Gasteiger partial charge in [0.05, 0.1) is 17.9 Å². The van der Waals surface area contributed by atoms with E-state index >= 15 is 0 Å². The summed E-state index contributed by atoms with van der Waals surface area (Å²) in [5.74, 6) is 0. The molecule has 0 N–H and O–H groups in total. The molecule has 3 heteroatoms. The minimum Gasteiger partial charge on any atom is -0.503 e. The molecule has 0 aromatic carbocycles. The van der Waals surface area contributed by atoms with E-state index in [9.17, 15) is 4.79 Å². The lowest BCUT2D eigenvalue weighted by molar-refractivity contribution is -0.104. The first-order chi connectivity index (χ1) is 3.31. The quantitative estimate of drug-likeness (QED) is 0.347. The topological polar surface area (TPSA) is 26.3 Å². The van der Waals surface area contributed by atoms with Crippen LogP contribution in [-0.2, 0) is 9.53 Å². The number of carbonyl (C=O) groups is 1. The first-order valence-electron chi connectivity index (χ1n) is 1.65. The lowest BCUT2D eigenvalue weighted by Crippen LogP contribution is -1.71. The second-order valence-electron chi connectivity index (χ2n) is 0.856. The van der Waals surface area contributed by atoms with E-state index in [-0.39, 0.29) is 0 Å². The van der Waals surface area contributed by atoms with E-state index in [1.54, 1.807) is 0 Å². The van der Waals surface area contributed by atoms with Gasteiger partial charge in [-0.2, -0.15) is 0 Å². The fourth-order valence-corrected chi connectivity index (χ4v) is 0.327. The number of allylic oxidation sites excluding steroid dienone is 1. The average molecular weight is 165 g/mol. The second kappa shape index (κ2) is 3.87. The molecule has 0 aromatic rings. The Hall–Kier alpha value is -0.310. The van der Waals surface area contributed by atoms with Gasteiger partial charge in [-0.1, -0.05) is 0 Å². The molecule has 2 nitrogen and oxygen atoms in total. The Bertz CT molecular complexity index is 87.7. The lowest BCUT2D eigenvalue weighted by atomic mass is 10.7. The number of hydrogen-bond donors (Lipinski definition) is 0. The van der Waals surface area contributed by atoms with Gasteiger partial charge in [0.2, 0.25) is 0 Å². The highest BCUT2D eigenvalue weighted by atomic mass is 79.9. The minimum atomic E-state index is 0.412. The monoisotopic (exact) mass is 164 g/mol. The Balaban J connectivity index is 3.49. The Kier molecular flexibility index (Phi) is 3.69. The van der Waals surface area contributed by atoms with Gasteiger partial charge in [0.15, 0.2) is 6.29 Å². The maximum atomic E-state index is 9.70. The van der Waals surface area contributed by atoms with Crippen molar-refractivity contribution >= 4 is 22.2 Å². The van der Waals surface area contributed by atoms with Crippen LogP contribution in [0.15, 0.2) is 10.7 Å². The molecule has 0 fully saturated rings. The number of rotatable bonds is 2. The van der Waals surface area contributed by atoms with Crippen molar-refractivity contribution in [3.05, 3.63) is 10.7 Å². The third-order valence-electron chi connectivity index (χ3n) is 0.343. The van der Waals surface area contributed by atoms with Crippen molar-refractivity contribution in [2.75, 3.05) is 7.11 Å². The number of aldehydes is 1. The van der Waals surface area contributed by atoms with E-state index in [1.807, 2.05) is 0 Å². The summed E-state index contributed by atoms with van der Waals surface area (Å²) in [6, 6.07) is 0. The first-order valence-corrected chi connectivity index (χ1v) is 2.44. The van der Waals surface area contributed by atoms with Gasteiger partial charge in [0.25, 0.3) is 0 Å². The van der Waals surface area contributed by atoms with E-state index in [4.69, 9.17) is 0 Å². The van der Waals surface area contributed by atoms with Crippen LogP contribution in [0.3, 0.4) is 0 Å². The van der Waals surface area contributed by atoms with E-state index in [1.165, 1.54) is 13.4 Å². The molecule has 40 valence electrons. The number of halogens is 1. The number of methoxy groups -OCH3 is 1. The summed E-state index contributed by atoms with van der Waals surface area (Å²) in [7, 11) is 1.48. The van der Waals surface area contributed by atoms with Crippen molar-refractivity contribution in [2.45, 2.75) is 0 Å². The van der Waals surface area contributed by atoms with E-state index < -0.39 is 0 Å². The molecule has 0 atom stereocenters. The van der Waals surface area contributed by atoms with Crippen LogP contribution in [0.1, 0.15) is 0 Å². The highest BCUT2D eigenvalue weighted by molar-refractivity contribution is 9.12. The fraction of sp³-hybridized carbons (Fsp3) is 0.250. The van der Waals surface area contributed by atoms with Crippen molar-refractivity contribution in [2.24, 2.45) is 0 Å². The molecule has 0 rings (SSSR count). The molecule has 0 aliphatic heterocycles. The zero-order valence-corrected chi connectivity index (χ0v) is 5.44.